The molecule has 0 fully saturated rings. The summed E-state index contributed by atoms with van der Waals surface area (Å²) in [6, 6.07) is 8.43. The molecule has 0 unspecified atom stereocenters. The SMILES string of the molecule is CCCC(=O)N1CC=C(c2c(C)[nH]c3ccccc23)CC1. The van der Waals surface area contributed by atoms with E-state index in [1.165, 1.54) is 27.7 Å². The Labute approximate surface area is 125 Å². The van der Waals surface area contributed by atoms with Crippen molar-refractivity contribution in [1.29, 1.82) is 0 Å². The normalized spacial score (nSPS) is 15.3. The molecule has 2 heterocycles. The molecule has 1 aliphatic rings. The predicted molar refractivity (Wildman–Crippen MR) is 87.1 cm³/mol. The minimum absolute atomic E-state index is 0.281. The third-order valence-corrected chi connectivity index (χ3v) is 4.24. The van der Waals surface area contributed by atoms with Gasteiger partial charge in [0.1, 0.15) is 0 Å². The van der Waals surface area contributed by atoms with E-state index in [0.29, 0.717) is 6.42 Å². The van der Waals surface area contributed by atoms with Crippen LogP contribution in [0.2, 0.25) is 0 Å². The maximum Gasteiger partial charge on any atom is 0.222 e. The molecule has 0 spiro atoms. The number of para-hydroxylation sites is 1. The van der Waals surface area contributed by atoms with Crippen molar-refractivity contribution in [1.82, 2.24) is 9.88 Å². The van der Waals surface area contributed by atoms with Crippen LogP contribution in [0.5, 0.6) is 0 Å². The molecule has 110 valence electrons. The van der Waals surface area contributed by atoms with Gasteiger partial charge in [-0.3, -0.25) is 4.79 Å². The molecule has 0 radical (unpaired) electrons. The van der Waals surface area contributed by atoms with Gasteiger partial charge < -0.3 is 9.88 Å². The van der Waals surface area contributed by atoms with Crippen LogP contribution in [0.15, 0.2) is 30.3 Å². The Kier molecular flexibility index (Phi) is 3.82. The van der Waals surface area contributed by atoms with Crippen LogP contribution in [-0.2, 0) is 4.79 Å². The van der Waals surface area contributed by atoms with Crippen LogP contribution < -0.4 is 0 Å². The summed E-state index contributed by atoms with van der Waals surface area (Å²) in [5.41, 5.74) is 5.10. The van der Waals surface area contributed by atoms with Crippen molar-refractivity contribution in [3.05, 3.63) is 41.6 Å². The van der Waals surface area contributed by atoms with E-state index in [9.17, 15) is 4.79 Å². The summed E-state index contributed by atoms with van der Waals surface area (Å²) in [5, 5.41) is 1.29. The standard InChI is InChI=1S/C18H22N2O/c1-3-6-17(21)20-11-9-14(10-12-20)18-13(2)19-16-8-5-4-7-15(16)18/h4-5,7-9,19H,3,6,10-12H2,1-2H3. The van der Waals surface area contributed by atoms with Crippen molar-refractivity contribution in [3.63, 3.8) is 0 Å². The average Bonchev–Trinajstić information content (AvgIpc) is 2.83. The lowest BCUT2D eigenvalue weighted by atomic mass is 9.96. The molecule has 2 aromatic rings. The first kappa shape index (κ1) is 13.9. The fourth-order valence-corrected chi connectivity index (χ4v) is 3.19. The van der Waals surface area contributed by atoms with Gasteiger partial charge in [0, 0.05) is 41.7 Å². The number of carbonyl (C=O) groups excluding carboxylic acids is 1. The van der Waals surface area contributed by atoms with Gasteiger partial charge in [0.15, 0.2) is 0 Å². The molecule has 0 atom stereocenters. The summed E-state index contributed by atoms with van der Waals surface area (Å²) in [6.07, 6.45) is 4.75. The van der Waals surface area contributed by atoms with E-state index >= 15 is 0 Å². The molecule has 21 heavy (non-hydrogen) atoms. The lowest BCUT2D eigenvalue weighted by Gasteiger charge is -2.26. The number of nitrogens with one attached hydrogen (secondary N) is 1. The van der Waals surface area contributed by atoms with E-state index in [4.69, 9.17) is 0 Å². The third-order valence-electron chi connectivity index (χ3n) is 4.24. The quantitative estimate of drug-likeness (QED) is 0.911. The largest absolute Gasteiger partial charge is 0.358 e. The number of aromatic amines is 1. The van der Waals surface area contributed by atoms with Gasteiger partial charge in [-0.15, -0.1) is 0 Å². The van der Waals surface area contributed by atoms with E-state index < -0.39 is 0 Å². The molecule has 1 aromatic carbocycles. The monoisotopic (exact) mass is 282 g/mol. The van der Waals surface area contributed by atoms with E-state index in [2.05, 4.69) is 49.2 Å². The number of rotatable bonds is 3. The predicted octanol–water partition coefficient (Wildman–Crippen LogP) is 3.89. The van der Waals surface area contributed by atoms with Crippen LogP contribution in [0.4, 0.5) is 0 Å². The number of amides is 1. The molecule has 1 amide bonds. The molecule has 0 aliphatic carbocycles. The topological polar surface area (TPSA) is 36.1 Å². The molecule has 3 rings (SSSR count). The fraction of sp³-hybridized carbons (Fsp3) is 0.389. The smallest absolute Gasteiger partial charge is 0.222 e. The molecule has 3 nitrogen and oxygen atoms in total. The second-order valence-electron chi connectivity index (χ2n) is 5.74. The lowest BCUT2D eigenvalue weighted by molar-refractivity contribution is -0.130. The average molecular weight is 282 g/mol. The highest BCUT2D eigenvalue weighted by atomic mass is 16.2. The minimum atomic E-state index is 0.281. The number of hydrogen-bond acceptors (Lipinski definition) is 1. The van der Waals surface area contributed by atoms with Crippen molar-refractivity contribution < 1.29 is 4.79 Å². The number of hydrogen-bond donors (Lipinski definition) is 1. The third kappa shape index (κ3) is 2.60. The number of H-pyrrole nitrogens is 1. The zero-order chi connectivity index (χ0) is 14.8. The second-order valence-corrected chi connectivity index (χ2v) is 5.74. The number of nitrogens with zero attached hydrogens (tertiary/aromatic N) is 1. The minimum Gasteiger partial charge on any atom is -0.358 e. The summed E-state index contributed by atoms with van der Waals surface area (Å²) >= 11 is 0. The molecule has 1 N–H and O–H groups in total. The van der Waals surface area contributed by atoms with Gasteiger partial charge in [0.05, 0.1) is 0 Å². The first-order chi connectivity index (χ1) is 10.2. The first-order valence-corrected chi connectivity index (χ1v) is 7.75. The fourth-order valence-electron chi connectivity index (χ4n) is 3.19. The van der Waals surface area contributed by atoms with Gasteiger partial charge in [-0.1, -0.05) is 31.2 Å². The molecular formula is C18H22N2O. The molecule has 0 saturated heterocycles. The Morgan fingerprint density at radius 3 is 2.86 bits per heavy atom. The van der Waals surface area contributed by atoms with Gasteiger partial charge in [-0.05, 0) is 31.4 Å². The Bertz CT molecular complexity index is 696. The molecule has 3 heteroatoms. The maximum atomic E-state index is 12.0. The van der Waals surface area contributed by atoms with E-state index in [0.717, 1.165) is 25.9 Å². The van der Waals surface area contributed by atoms with Crippen molar-refractivity contribution in [2.75, 3.05) is 13.1 Å². The van der Waals surface area contributed by atoms with Crippen molar-refractivity contribution in [3.8, 4) is 0 Å². The van der Waals surface area contributed by atoms with E-state index in [-0.39, 0.29) is 5.91 Å². The van der Waals surface area contributed by atoms with E-state index in [1.54, 1.807) is 0 Å². The number of fused-ring (bicyclic) bond motifs is 1. The number of benzene rings is 1. The van der Waals surface area contributed by atoms with Crippen LogP contribution in [0, 0.1) is 6.92 Å². The van der Waals surface area contributed by atoms with Crippen molar-refractivity contribution in [2.24, 2.45) is 0 Å². The Hall–Kier alpha value is -2.03. The Balaban J connectivity index is 1.88. The Morgan fingerprint density at radius 1 is 1.33 bits per heavy atom. The van der Waals surface area contributed by atoms with Gasteiger partial charge in [0.25, 0.3) is 0 Å². The van der Waals surface area contributed by atoms with Crippen LogP contribution >= 0.6 is 0 Å². The van der Waals surface area contributed by atoms with Crippen LogP contribution in [-0.4, -0.2) is 28.9 Å². The summed E-state index contributed by atoms with van der Waals surface area (Å²) < 4.78 is 0. The zero-order valence-corrected chi connectivity index (χ0v) is 12.8. The highest BCUT2D eigenvalue weighted by Crippen LogP contribution is 2.32. The van der Waals surface area contributed by atoms with Crippen molar-refractivity contribution >= 4 is 22.4 Å². The lowest BCUT2D eigenvalue weighted by Crippen LogP contribution is -2.34. The van der Waals surface area contributed by atoms with Gasteiger partial charge >= 0.3 is 0 Å². The molecular weight excluding hydrogens is 260 g/mol. The van der Waals surface area contributed by atoms with Crippen molar-refractivity contribution in [2.45, 2.75) is 33.1 Å². The van der Waals surface area contributed by atoms with Crippen LogP contribution in [0.25, 0.3) is 16.5 Å². The zero-order valence-electron chi connectivity index (χ0n) is 12.8. The number of carbonyl (C=O) groups is 1. The highest BCUT2D eigenvalue weighted by Gasteiger charge is 2.20. The molecule has 1 aromatic heterocycles. The first-order valence-electron chi connectivity index (χ1n) is 7.75. The molecule has 0 saturated carbocycles. The number of aromatic nitrogens is 1. The van der Waals surface area contributed by atoms with Crippen LogP contribution in [0.3, 0.4) is 0 Å². The van der Waals surface area contributed by atoms with Gasteiger partial charge in [-0.25, -0.2) is 0 Å². The maximum absolute atomic E-state index is 12.0. The highest BCUT2D eigenvalue weighted by molar-refractivity contribution is 5.94. The van der Waals surface area contributed by atoms with Crippen LogP contribution in [0.1, 0.15) is 37.4 Å². The number of aryl methyl sites for hydroxylation is 1. The summed E-state index contributed by atoms with van der Waals surface area (Å²) in [4.78, 5) is 17.4. The van der Waals surface area contributed by atoms with E-state index in [1.807, 2.05) is 4.90 Å². The summed E-state index contributed by atoms with van der Waals surface area (Å²) in [5.74, 6) is 0.281. The second kappa shape index (κ2) is 5.76. The molecule has 0 bridgehead atoms. The Morgan fingerprint density at radius 2 is 2.14 bits per heavy atom. The van der Waals surface area contributed by atoms with Gasteiger partial charge in [-0.2, -0.15) is 0 Å². The van der Waals surface area contributed by atoms with Gasteiger partial charge in [0.2, 0.25) is 5.91 Å². The summed E-state index contributed by atoms with van der Waals surface area (Å²) in [7, 11) is 0. The molecule has 1 aliphatic heterocycles. The summed E-state index contributed by atoms with van der Waals surface area (Å²) in [6.45, 7) is 5.76.